The van der Waals surface area contributed by atoms with Crippen molar-refractivity contribution in [3.05, 3.63) is 52.6 Å². The van der Waals surface area contributed by atoms with Crippen molar-refractivity contribution in [2.24, 2.45) is 0 Å². The van der Waals surface area contributed by atoms with Gasteiger partial charge in [-0.05, 0) is 30.3 Å². The monoisotopic (exact) mass is 436 g/mol. The highest BCUT2D eigenvalue weighted by atomic mass is 79.9. The molecule has 1 saturated heterocycles. The third kappa shape index (κ3) is 3.96. The van der Waals surface area contributed by atoms with Crippen molar-refractivity contribution in [3.8, 4) is 5.88 Å². The van der Waals surface area contributed by atoms with Crippen molar-refractivity contribution < 1.29 is 26.3 Å². The minimum atomic E-state index is -4.56. The minimum absolute atomic E-state index is 0.0519. The highest BCUT2D eigenvalue weighted by molar-refractivity contribution is 9.10. The van der Waals surface area contributed by atoms with E-state index < -0.39 is 28.0 Å². The lowest BCUT2D eigenvalue weighted by atomic mass is 10.2. The quantitative estimate of drug-likeness (QED) is 0.737. The van der Waals surface area contributed by atoms with Crippen LogP contribution >= 0.6 is 15.9 Å². The molecule has 0 unspecified atom stereocenters. The zero-order valence-corrected chi connectivity index (χ0v) is 15.0. The Kier molecular flexibility index (Phi) is 4.78. The van der Waals surface area contributed by atoms with Gasteiger partial charge in [0.05, 0.1) is 18.0 Å². The molecule has 0 saturated carbocycles. The normalized spacial score (nSPS) is 16.5. The van der Waals surface area contributed by atoms with Gasteiger partial charge in [-0.3, -0.25) is 0 Å². The smallest absolute Gasteiger partial charge is 0.433 e. The predicted molar refractivity (Wildman–Crippen MR) is 86.6 cm³/mol. The summed E-state index contributed by atoms with van der Waals surface area (Å²) >= 11 is 3.23. The van der Waals surface area contributed by atoms with Crippen LogP contribution in [0.25, 0.3) is 0 Å². The molecule has 134 valence electrons. The summed E-state index contributed by atoms with van der Waals surface area (Å²) in [6, 6.07) is 9.53. The standard InChI is InChI=1S/C15H12BrF3N2O3S/c16-10-4-6-12(7-5-10)25(22,23)21-8-11(9-21)24-14-3-1-2-13(20-14)15(17,18)19/h1-7,11H,8-9H2. The van der Waals surface area contributed by atoms with Crippen LogP contribution in [0.15, 0.2) is 51.8 Å². The van der Waals surface area contributed by atoms with Crippen LogP contribution in [-0.2, 0) is 16.2 Å². The Bertz CT molecular complexity index is 866. The van der Waals surface area contributed by atoms with Gasteiger partial charge in [0.15, 0.2) is 0 Å². The van der Waals surface area contributed by atoms with Gasteiger partial charge in [-0.2, -0.15) is 17.5 Å². The van der Waals surface area contributed by atoms with Crippen molar-refractivity contribution in [2.45, 2.75) is 17.2 Å². The summed E-state index contributed by atoms with van der Waals surface area (Å²) in [5.74, 6) is -0.180. The van der Waals surface area contributed by atoms with E-state index in [9.17, 15) is 21.6 Å². The molecule has 1 aliphatic heterocycles. The van der Waals surface area contributed by atoms with Crippen LogP contribution in [0.5, 0.6) is 5.88 Å². The van der Waals surface area contributed by atoms with Crippen LogP contribution in [0, 0.1) is 0 Å². The van der Waals surface area contributed by atoms with Gasteiger partial charge in [-0.15, -0.1) is 0 Å². The molecule has 5 nitrogen and oxygen atoms in total. The zero-order chi connectivity index (χ0) is 18.2. The first-order valence-corrected chi connectivity index (χ1v) is 9.36. The molecule has 0 atom stereocenters. The maximum absolute atomic E-state index is 12.6. The van der Waals surface area contributed by atoms with Crippen LogP contribution in [0.2, 0.25) is 0 Å². The lowest BCUT2D eigenvalue weighted by molar-refractivity contribution is -0.141. The van der Waals surface area contributed by atoms with Gasteiger partial charge in [-0.25, -0.2) is 13.4 Å². The molecule has 0 aliphatic carbocycles. The van der Waals surface area contributed by atoms with Crippen molar-refractivity contribution in [1.82, 2.24) is 9.29 Å². The average molecular weight is 437 g/mol. The lowest BCUT2D eigenvalue weighted by Crippen LogP contribution is -2.56. The molecule has 1 aliphatic rings. The summed E-state index contributed by atoms with van der Waals surface area (Å²) in [7, 11) is -3.64. The van der Waals surface area contributed by atoms with E-state index >= 15 is 0 Å². The Morgan fingerprint density at radius 2 is 1.76 bits per heavy atom. The number of aromatic nitrogens is 1. The van der Waals surface area contributed by atoms with E-state index in [1.807, 2.05) is 0 Å². The lowest BCUT2D eigenvalue weighted by Gasteiger charge is -2.37. The summed E-state index contributed by atoms with van der Waals surface area (Å²) < 4.78 is 70.0. The zero-order valence-electron chi connectivity index (χ0n) is 12.6. The number of halogens is 4. The largest absolute Gasteiger partial charge is 0.472 e. The summed E-state index contributed by atoms with van der Waals surface area (Å²) in [5.41, 5.74) is -1.05. The molecular formula is C15H12BrF3N2O3S. The highest BCUT2D eigenvalue weighted by Gasteiger charge is 2.39. The number of sulfonamides is 1. The topological polar surface area (TPSA) is 59.5 Å². The third-order valence-corrected chi connectivity index (χ3v) is 5.94. The molecule has 2 heterocycles. The molecule has 0 spiro atoms. The Balaban J connectivity index is 1.64. The number of benzene rings is 1. The van der Waals surface area contributed by atoms with Gasteiger partial charge in [0, 0.05) is 10.5 Å². The van der Waals surface area contributed by atoms with Crippen LogP contribution in [0.1, 0.15) is 5.69 Å². The van der Waals surface area contributed by atoms with Gasteiger partial charge >= 0.3 is 6.18 Å². The molecule has 10 heteroatoms. The Morgan fingerprint density at radius 3 is 2.36 bits per heavy atom. The number of pyridine rings is 1. The number of rotatable bonds is 4. The number of nitrogens with zero attached hydrogens (tertiary/aromatic N) is 2. The van der Waals surface area contributed by atoms with E-state index in [1.165, 1.54) is 28.6 Å². The summed E-state index contributed by atoms with van der Waals surface area (Å²) in [4.78, 5) is 3.55. The number of alkyl halides is 3. The summed E-state index contributed by atoms with van der Waals surface area (Å²) in [6.45, 7) is 0.104. The van der Waals surface area contributed by atoms with Crippen molar-refractivity contribution in [1.29, 1.82) is 0 Å². The van der Waals surface area contributed by atoms with Gasteiger partial charge in [0.25, 0.3) is 0 Å². The van der Waals surface area contributed by atoms with E-state index in [1.54, 1.807) is 12.1 Å². The first-order chi connectivity index (χ1) is 11.7. The Hall–Kier alpha value is -1.65. The fourth-order valence-electron chi connectivity index (χ4n) is 2.24. The van der Waals surface area contributed by atoms with E-state index in [0.29, 0.717) is 0 Å². The minimum Gasteiger partial charge on any atom is -0.472 e. The van der Waals surface area contributed by atoms with E-state index in [-0.39, 0.29) is 23.9 Å². The maximum atomic E-state index is 12.6. The molecule has 0 bridgehead atoms. The van der Waals surface area contributed by atoms with Crippen LogP contribution in [0.3, 0.4) is 0 Å². The van der Waals surface area contributed by atoms with Gasteiger partial charge in [0.2, 0.25) is 15.9 Å². The average Bonchev–Trinajstić information content (AvgIpc) is 2.50. The molecule has 0 amide bonds. The molecule has 3 rings (SSSR count). The second-order valence-corrected chi connectivity index (χ2v) is 8.23. The van der Waals surface area contributed by atoms with Gasteiger partial charge in [-0.1, -0.05) is 22.0 Å². The molecule has 0 radical (unpaired) electrons. The fourth-order valence-corrected chi connectivity index (χ4v) is 4.00. The number of ether oxygens (including phenoxy) is 1. The molecular weight excluding hydrogens is 425 g/mol. The number of hydrogen-bond acceptors (Lipinski definition) is 4. The molecule has 1 aromatic heterocycles. The summed E-state index contributed by atoms with van der Waals surface area (Å²) in [6.07, 6.45) is -5.10. The highest BCUT2D eigenvalue weighted by Crippen LogP contribution is 2.30. The first-order valence-electron chi connectivity index (χ1n) is 7.13. The molecule has 0 N–H and O–H groups in total. The van der Waals surface area contributed by atoms with Crippen molar-refractivity contribution in [2.75, 3.05) is 13.1 Å². The Labute approximate surface area is 150 Å². The SMILES string of the molecule is O=S(=O)(c1ccc(Br)cc1)N1CC(Oc2cccc(C(F)(F)F)n2)C1. The molecule has 2 aromatic rings. The Morgan fingerprint density at radius 1 is 1.12 bits per heavy atom. The van der Waals surface area contributed by atoms with E-state index in [2.05, 4.69) is 20.9 Å². The second kappa shape index (κ2) is 6.58. The van der Waals surface area contributed by atoms with Crippen LogP contribution in [0.4, 0.5) is 13.2 Å². The number of hydrogen-bond donors (Lipinski definition) is 0. The third-order valence-electron chi connectivity index (χ3n) is 3.57. The van der Waals surface area contributed by atoms with Gasteiger partial charge in [0.1, 0.15) is 11.8 Å². The van der Waals surface area contributed by atoms with Crippen molar-refractivity contribution in [3.63, 3.8) is 0 Å². The van der Waals surface area contributed by atoms with E-state index in [0.717, 1.165) is 10.5 Å². The second-order valence-electron chi connectivity index (χ2n) is 5.37. The summed E-state index contributed by atoms with van der Waals surface area (Å²) in [5, 5.41) is 0. The molecule has 1 fully saturated rings. The van der Waals surface area contributed by atoms with Crippen LogP contribution in [-0.4, -0.2) is 36.9 Å². The first kappa shape index (κ1) is 18.2. The van der Waals surface area contributed by atoms with Crippen LogP contribution < -0.4 is 4.74 Å². The predicted octanol–water partition coefficient (Wildman–Crippen LogP) is 3.31. The molecule has 25 heavy (non-hydrogen) atoms. The fraction of sp³-hybridized carbons (Fsp3) is 0.267. The maximum Gasteiger partial charge on any atom is 0.433 e. The van der Waals surface area contributed by atoms with E-state index in [4.69, 9.17) is 4.74 Å². The van der Waals surface area contributed by atoms with Crippen molar-refractivity contribution >= 4 is 26.0 Å². The molecule has 1 aromatic carbocycles. The van der Waals surface area contributed by atoms with Gasteiger partial charge < -0.3 is 4.74 Å².